The van der Waals surface area contributed by atoms with Gasteiger partial charge >= 0.3 is 0 Å². The molecule has 2 atom stereocenters. The fourth-order valence-electron chi connectivity index (χ4n) is 2.86. The van der Waals surface area contributed by atoms with Gasteiger partial charge in [0.1, 0.15) is 0 Å². The molecule has 2 unspecified atom stereocenters. The molecular weight excluding hydrogens is 253 g/mol. The molecule has 1 aliphatic rings. The van der Waals surface area contributed by atoms with Crippen LogP contribution in [0.4, 0.5) is 10.2 Å². The van der Waals surface area contributed by atoms with Crippen LogP contribution in [0.25, 0.3) is 0 Å². The Labute approximate surface area is 112 Å². The summed E-state index contributed by atoms with van der Waals surface area (Å²) in [5.74, 6) is 0.473. The van der Waals surface area contributed by atoms with Crippen molar-refractivity contribution in [1.82, 2.24) is 4.98 Å². The summed E-state index contributed by atoms with van der Waals surface area (Å²) < 4.78 is 14.0. The summed E-state index contributed by atoms with van der Waals surface area (Å²) in [5, 5.41) is 0.328. The molecule has 1 aromatic rings. The summed E-state index contributed by atoms with van der Waals surface area (Å²) in [6.45, 7) is 3.39. The van der Waals surface area contributed by atoms with Crippen LogP contribution in [-0.2, 0) is 0 Å². The number of anilines is 1. The van der Waals surface area contributed by atoms with E-state index < -0.39 is 0 Å². The summed E-state index contributed by atoms with van der Waals surface area (Å²) in [7, 11) is 0. The van der Waals surface area contributed by atoms with Crippen LogP contribution in [0.3, 0.4) is 0 Å². The van der Waals surface area contributed by atoms with E-state index in [-0.39, 0.29) is 5.82 Å². The zero-order chi connectivity index (χ0) is 13.1. The molecule has 1 fully saturated rings. The highest BCUT2D eigenvalue weighted by Crippen LogP contribution is 2.33. The first kappa shape index (κ1) is 13.6. The maximum Gasteiger partial charge on any atom is 0.167 e. The predicted molar refractivity (Wildman–Crippen MR) is 72.4 cm³/mol. The average molecular weight is 272 g/mol. The Bertz CT molecular complexity index is 413. The van der Waals surface area contributed by atoms with E-state index >= 15 is 0 Å². The molecule has 3 nitrogen and oxygen atoms in total. The van der Waals surface area contributed by atoms with Gasteiger partial charge in [0.15, 0.2) is 11.6 Å². The van der Waals surface area contributed by atoms with Gasteiger partial charge < -0.3 is 10.6 Å². The second-order valence-electron chi connectivity index (χ2n) is 4.74. The minimum Gasteiger partial charge on any atom is -0.351 e. The zero-order valence-electron chi connectivity index (χ0n) is 10.6. The van der Waals surface area contributed by atoms with Gasteiger partial charge in [-0.1, -0.05) is 18.0 Å². The molecule has 0 amide bonds. The molecule has 0 spiro atoms. The van der Waals surface area contributed by atoms with Crippen LogP contribution < -0.4 is 10.6 Å². The quantitative estimate of drug-likeness (QED) is 0.916. The van der Waals surface area contributed by atoms with E-state index in [2.05, 4.69) is 4.98 Å². The van der Waals surface area contributed by atoms with Gasteiger partial charge in [-0.05, 0) is 38.3 Å². The third kappa shape index (κ3) is 2.59. The standard InChI is InChI=1S/C13H19ClFN3/c1-2-18(12-5-3-4-9(12)7-16)13-11(15)6-10(14)8-17-13/h6,8-9,12H,2-5,7,16H2,1H3. The van der Waals surface area contributed by atoms with Crippen LogP contribution in [-0.4, -0.2) is 24.1 Å². The first-order valence-electron chi connectivity index (χ1n) is 6.45. The van der Waals surface area contributed by atoms with Crippen LogP contribution in [0.2, 0.25) is 5.02 Å². The molecule has 0 radical (unpaired) electrons. The molecular formula is C13H19ClFN3. The van der Waals surface area contributed by atoms with Crippen molar-refractivity contribution >= 4 is 17.4 Å². The monoisotopic (exact) mass is 271 g/mol. The molecule has 5 heteroatoms. The lowest BCUT2D eigenvalue weighted by molar-refractivity contribution is 0.453. The van der Waals surface area contributed by atoms with E-state index in [1.165, 1.54) is 12.3 Å². The Hall–Kier alpha value is -0.870. The normalized spacial score (nSPS) is 23.3. The van der Waals surface area contributed by atoms with E-state index in [1.807, 2.05) is 11.8 Å². The van der Waals surface area contributed by atoms with E-state index in [0.717, 1.165) is 25.8 Å². The highest BCUT2D eigenvalue weighted by Gasteiger charge is 2.32. The van der Waals surface area contributed by atoms with Crippen molar-refractivity contribution in [2.75, 3.05) is 18.0 Å². The fraction of sp³-hybridized carbons (Fsp3) is 0.615. The van der Waals surface area contributed by atoms with Crippen molar-refractivity contribution in [1.29, 1.82) is 0 Å². The molecule has 0 aliphatic heterocycles. The van der Waals surface area contributed by atoms with Crippen molar-refractivity contribution in [2.24, 2.45) is 11.7 Å². The summed E-state index contributed by atoms with van der Waals surface area (Å²) in [5.41, 5.74) is 5.80. The topological polar surface area (TPSA) is 42.2 Å². The third-order valence-corrected chi connectivity index (χ3v) is 3.93. The number of nitrogens with zero attached hydrogens (tertiary/aromatic N) is 2. The summed E-state index contributed by atoms with van der Waals surface area (Å²) in [6, 6.07) is 1.61. The van der Waals surface area contributed by atoms with Crippen LogP contribution in [0, 0.1) is 11.7 Å². The molecule has 2 N–H and O–H groups in total. The van der Waals surface area contributed by atoms with Gasteiger partial charge in [0.2, 0.25) is 0 Å². The van der Waals surface area contributed by atoms with E-state index in [1.54, 1.807) is 0 Å². The Morgan fingerprint density at radius 3 is 2.94 bits per heavy atom. The smallest absolute Gasteiger partial charge is 0.167 e. The SMILES string of the molecule is CCN(c1ncc(Cl)cc1F)C1CCCC1CN. The van der Waals surface area contributed by atoms with Gasteiger partial charge in [0, 0.05) is 18.8 Å². The van der Waals surface area contributed by atoms with Crippen LogP contribution in [0.15, 0.2) is 12.3 Å². The highest BCUT2D eigenvalue weighted by molar-refractivity contribution is 6.30. The molecule has 0 bridgehead atoms. The Morgan fingerprint density at radius 2 is 2.33 bits per heavy atom. The van der Waals surface area contributed by atoms with Gasteiger partial charge in [0.05, 0.1) is 5.02 Å². The highest BCUT2D eigenvalue weighted by atomic mass is 35.5. The molecule has 0 saturated heterocycles. The van der Waals surface area contributed by atoms with Crippen LogP contribution >= 0.6 is 11.6 Å². The Kier molecular flexibility index (Phi) is 4.40. The van der Waals surface area contributed by atoms with Crippen LogP contribution in [0.5, 0.6) is 0 Å². The molecule has 0 aromatic carbocycles. The average Bonchev–Trinajstić information content (AvgIpc) is 2.81. The van der Waals surface area contributed by atoms with E-state index in [4.69, 9.17) is 17.3 Å². The van der Waals surface area contributed by atoms with Crippen molar-refractivity contribution in [3.63, 3.8) is 0 Å². The van der Waals surface area contributed by atoms with Crippen molar-refractivity contribution in [3.05, 3.63) is 23.1 Å². The van der Waals surface area contributed by atoms with Crippen molar-refractivity contribution in [2.45, 2.75) is 32.2 Å². The van der Waals surface area contributed by atoms with Gasteiger partial charge in [0.25, 0.3) is 0 Å². The van der Waals surface area contributed by atoms with Gasteiger partial charge in [-0.3, -0.25) is 0 Å². The second kappa shape index (κ2) is 5.85. The predicted octanol–water partition coefficient (Wildman–Crippen LogP) is 2.83. The number of hydrogen-bond acceptors (Lipinski definition) is 3. The number of rotatable bonds is 4. The zero-order valence-corrected chi connectivity index (χ0v) is 11.3. The number of hydrogen-bond donors (Lipinski definition) is 1. The fourth-order valence-corrected chi connectivity index (χ4v) is 3.01. The van der Waals surface area contributed by atoms with Gasteiger partial charge in [-0.25, -0.2) is 9.37 Å². The molecule has 1 aliphatic carbocycles. The largest absolute Gasteiger partial charge is 0.351 e. The molecule has 1 aromatic heterocycles. The summed E-state index contributed by atoms with van der Waals surface area (Å²) >= 11 is 5.74. The maximum atomic E-state index is 14.0. The molecule has 1 saturated carbocycles. The minimum atomic E-state index is -0.355. The van der Waals surface area contributed by atoms with Crippen LogP contribution in [0.1, 0.15) is 26.2 Å². The molecule has 1 heterocycles. The first-order chi connectivity index (χ1) is 8.67. The van der Waals surface area contributed by atoms with Gasteiger partial charge in [-0.2, -0.15) is 0 Å². The molecule has 2 rings (SSSR count). The second-order valence-corrected chi connectivity index (χ2v) is 5.18. The maximum absolute atomic E-state index is 14.0. The lowest BCUT2D eigenvalue weighted by Gasteiger charge is -2.33. The molecule has 100 valence electrons. The summed E-state index contributed by atoms with van der Waals surface area (Å²) in [6.07, 6.45) is 4.82. The van der Waals surface area contributed by atoms with E-state index in [9.17, 15) is 4.39 Å². The van der Waals surface area contributed by atoms with E-state index in [0.29, 0.717) is 29.3 Å². The third-order valence-electron chi connectivity index (χ3n) is 3.72. The number of aromatic nitrogens is 1. The Balaban J connectivity index is 2.27. The lowest BCUT2D eigenvalue weighted by atomic mass is 10.0. The number of pyridine rings is 1. The van der Waals surface area contributed by atoms with Crippen molar-refractivity contribution < 1.29 is 4.39 Å². The minimum absolute atomic E-state index is 0.295. The summed E-state index contributed by atoms with van der Waals surface area (Å²) in [4.78, 5) is 6.16. The first-order valence-corrected chi connectivity index (χ1v) is 6.83. The molecule has 18 heavy (non-hydrogen) atoms. The lowest BCUT2D eigenvalue weighted by Crippen LogP contribution is -2.41. The van der Waals surface area contributed by atoms with Crippen molar-refractivity contribution in [3.8, 4) is 0 Å². The van der Waals surface area contributed by atoms with Gasteiger partial charge in [-0.15, -0.1) is 0 Å². The Morgan fingerprint density at radius 1 is 1.56 bits per heavy atom. The number of nitrogens with two attached hydrogens (primary N) is 1. The number of halogens is 2.